The zero-order chi connectivity index (χ0) is 34.3. The standard InChI is InChI=1S/C48H38GeP2/c1-7-23-39(24-8-1)49(40-25-9-2-10-26-40,45-35-19-21-37-47(45)50(41-27-11-3-12-28-41)42-29-13-4-14-30-42)46-36-20-22-38-48(46)51(43-31-15-5-16-32-43)44-33-17-6-18-34-44/h1-38H. The molecule has 0 fully saturated rings. The van der Waals surface area contributed by atoms with Crippen LogP contribution in [0.1, 0.15) is 0 Å². The van der Waals surface area contributed by atoms with Crippen molar-refractivity contribution in [1.82, 2.24) is 0 Å². The molecule has 0 aromatic heterocycles. The summed E-state index contributed by atoms with van der Waals surface area (Å²) in [6.07, 6.45) is 0. The molecule has 0 aliphatic rings. The first kappa shape index (κ1) is 33.3. The predicted molar refractivity (Wildman–Crippen MR) is 227 cm³/mol. The molecule has 0 saturated carbocycles. The molecule has 8 rings (SSSR count). The molecule has 0 N–H and O–H groups in total. The van der Waals surface area contributed by atoms with Crippen molar-refractivity contribution in [1.29, 1.82) is 0 Å². The summed E-state index contributed by atoms with van der Waals surface area (Å²) in [6, 6.07) is 86.7. The molecule has 0 atom stereocenters. The van der Waals surface area contributed by atoms with Gasteiger partial charge in [-0.1, -0.05) is 0 Å². The molecule has 51 heavy (non-hydrogen) atoms. The fourth-order valence-corrected chi connectivity index (χ4v) is 25.5. The van der Waals surface area contributed by atoms with Gasteiger partial charge >= 0.3 is 309 Å². The van der Waals surface area contributed by atoms with Gasteiger partial charge in [-0.3, -0.25) is 0 Å². The Kier molecular flexibility index (Phi) is 10.2. The van der Waals surface area contributed by atoms with Crippen LogP contribution in [0.25, 0.3) is 0 Å². The Balaban J connectivity index is 1.52. The first-order chi connectivity index (χ1) is 25.4. The zero-order valence-corrected chi connectivity index (χ0v) is 32.2. The summed E-state index contributed by atoms with van der Waals surface area (Å²) in [6.45, 7) is 0. The maximum atomic E-state index is 2.49. The number of benzene rings is 8. The molecule has 8 aromatic carbocycles. The van der Waals surface area contributed by atoms with Crippen LogP contribution in [0.4, 0.5) is 0 Å². The van der Waals surface area contributed by atoms with Gasteiger partial charge in [0, 0.05) is 0 Å². The van der Waals surface area contributed by atoms with Crippen molar-refractivity contribution in [3.63, 3.8) is 0 Å². The van der Waals surface area contributed by atoms with Crippen LogP contribution in [-0.2, 0) is 0 Å². The van der Waals surface area contributed by atoms with Crippen LogP contribution >= 0.6 is 15.8 Å². The molecule has 0 amide bonds. The monoisotopic (exact) mass is 750 g/mol. The number of hydrogen-bond acceptors (Lipinski definition) is 0. The van der Waals surface area contributed by atoms with Gasteiger partial charge in [-0.15, -0.1) is 0 Å². The van der Waals surface area contributed by atoms with Crippen molar-refractivity contribution in [2.24, 2.45) is 0 Å². The van der Waals surface area contributed by atoms with E-state index < -0.39 is 29.1 Å². The third-order valence-corrected chi connectivity index (χ3v) is 25.7. The van der Waals surface area contributed by atoms with E-state index >= 15 is 0 Å². The van der Waals surface area contributed by atoms with Crippen LogP contribution in [0.5, 0.6) is 0 Å². The Labute approximate surface area is 307 Å². The summed E-state index contributed by atoms with van der Waals surface area (Å²) in [4.78, 5) is 0. The topological polar surface area (TPSA) is 0 Å². The molecule has 0 bridgehead atoms. The molecule has 0 unspecified atom stereocenters. The molecule has 0 heterocycles. The first-order valence-corrected chi connectivity index (χ1v) is 24.3. The van der Waals surface area contributed by atoms with Crippen LogP contribution in [-0.4, -0.2) is 13.3 Å². The quantitative estimate of drug-likeness (QED) is 0.110. The second kappa shape index (κ2) is 15.6. The Hall–Kier alpha value is -4.84. The Morgan fingerprint density at radius 2 is 0.471 bits per heavy atom. The van der Waals surface area contributed by atoms with Gasteiger partial charge in [0.2, 0.25) is 0 Å². The van der Waals surface area contributed by atoms with Crippen LogP contribution in [0.3, 0.4) is 0 Å². The van der Waals surface area contributed by atoms with Crippen LogP contribution in [0.15, 0.2) is 231 Å². The summed E-state index contributed by atoms with van der Waals surface area (Å²) in [5.41, 5.74) is 0. The van der Waals surface area contributed by atoms with Gasteiger partial charge in [0.05, 0.1) is 0 Å². The Morgan fingerprint density at radius 1 is 0.235 bits per heavy atom. The third kappa shape index (κ3) is 6.57. The normalized spacial score (nSPS) is 11.5. The second-order valence-electron chi connectivity index (χ2n) is 12.5. The van der Waals surface area contributed by atoms with Crippen LogP contribution in [0.2, 0.25) is 0 Å². The van der Waals surface area contributed by atoms with Crippen molar-refractivity contribution < 1.29 is 0 Å². The van der Waals surface area contributed by atoms with Crippen molar-refractivity contribution in [3.05, 3.63) is 231 Å². The summed E-state index contributed by atoms with van der Waals surface area (Å²) in [7, 11) is -1.73. The first-order valence-electron chi connectivity index (χ1n) is 17.5. The van der Waals surface area contributed by atoms with Crippen molar-refractivity contribution in [3.8, 4) is 0 Å². The Bertz CT molecular complexity index is 2050. The maximum absolute atomic E-state index is 3.85. The molecule has 0 saturated heterocycles. The summed E-state index contributed by atoms with van der Waals surface area (Å²) in [5, 5.41) is 8.35. The van der Waals surface area contributed by atoms with E-state index in [9.17, 15) is 0 Å². The number of rotatable bonds is 10. The van der Waals surface area contributed by atoms with E-state index in [2.05, 4.69) is 231 Å². The van der Waals surface area contributed by atoms with Gasteiger partial charge in [0.15, 0.2) is 0 Å². The van der Waals surface area contributed by atoms with Crippen molar-refractivity contribution >= 4 is 78.5 Å². The van der Waals surface area contributed by atoms with E-state index in [4.69, 9.17) is 0 Å². The Morgan fingerprint density at radius 3 is 0.765 bits per heavy atom. The van der Waals surface area contributed by atoms with Gasteiger partial charge in [0.1, 0.15) is 0 Å². The molecule has 0 nitrogen and oxygen atoms in total. The van der Waals surface area contributed by atoms with Gasteiger partial charge in [-0.05, 0) is 0 Å². The van der Waals surface area contributed by atoms with Gasteiger partial charge in [0.25, 0.3) is 0 Å². The predicted octanol–water partition coefficient (Wildman–Crippen LogP) is 6.58. The van der Waals surface area contributed by atoms with Gasteiger partial charge < -0.3 is 0 Å². The molecular weight excluding hydrogens is 711 g/mol. The molecule has 0 radical (unpaired) electrons. The molecular formula is C48H38GeP2. The zero-order valence-electron chi connectivity index (χ0n) is 28.3. The van der Waals surface area contributed by atoms with E-state index in [0.29, 0.717) is 0 Å². The van der Waals surface area contributed by atoms with Crippen molar-refractivity contribution in [2.75, 3.05) is 0 Å². The third-order valence-electron chi connectivity index (χ3n) is 9.57. The van der Waals surface area contributed by atoms with Crippen LogP contribution in [0, 0.1) is 0 Å². The van der Waals surface area contributed by atoms with Gasteiger partial charge in [-0.25, -0.2) is 0 Å². The van der Waals surface area contributed by atoms with E-state index in [-0.39, 0.29) is 0 Å². The fourth-order valence-electron chi connectivity index (χ4n) is 7.44. The van der Waals surface area contributed by atoms with E-state index in [1.54, 1.807) is 0 Å². The summed E-state index contributed by atoms with van der Waals surface area (Å²) >= 11 is -3.85. The molecule has 0 spiro atoms. The molecule has 0 aliphatic heterocycles. The van der Waals surface area contributed by atoms with E-state index in [1.165, 1.54) is 49.4 Å². The van der Waals surface area contributed by atoms with Crippen LogP contribution < -0.4 is 49.4 Å². The molecule has 3 heteroatoms. The molecule has 8 aromatic rings. The van der Waals surface area contributed by atoms with E-state index in [1.807, 2.05) is 0 Å². The van der Waals surface area contributed by atoms with Gasteiger partial charge in [-0.2, -0.15) is 0 Å². The fraction of sp³-hybridized carbons (Fsp3) is 0. The minimum absolute atomic E-state index is 0.863. The van der Waals surface area contributed by atoms with Crippen molar-refractivity contribution in [2.45, 2.75) is 0 Å². The molecule has 0 aliphatic carbocycles. The average Bonchev–Trinajstić information content (AvgIpc) is 3.22. The second-order valence-corrected chi connectivity index (χ2v) is 24.7. The SMILES string of the molecule is c1ccc(P(c2ccccc2)c2cccc[c]2[Ge]([c]2ccccc2)([c]2ccccc2)[c]2ccccc2P(c2ccccc2)c2ccccc2)cc1. The summed E-state index contributed by atoms with van der Waals surface area (Å²) in [5.74, 6) is 0. The number of hydrogen-bond donors (Lipinski definition) is 0. The average molecular weight is 749 g/mol. The molecule has 244 valence electrons. The minimum atomic E-state index is -3.85. The van der Waals surface area contributed by atoms with E-state index in [0.717, 1.165) is 0 Å². The summed E-state index contributed by atoms with van der Waals surface area (Å²) < 4.78 is 5.88.